The molecule has 0 atom stereocenters. The molecule has 3 nitrogen and oxygen atoms in total. The van der Waals surface area contributed by atoms with Gasteiger partial charge in [-0.2, -0.15) is 0 Å². The van der Waals surface area contributed by atoms with E-state index in [1.807, 2.05) is 34.0 Å². The van der Waals surface area contributed by atoms with Crippen LogP contribution in [0.15, 0.2) is 455 Å². The fraction of sp³-hybridized carbons (Fsp3) is 0. The molecule has 0 aliphatic rings. The van der Waals surface area contributed by atoms with E-state index < -0.39 is 0 Å². The van der Waals surface area contributed by atoms with Crippen molar-refractivity contribution in [2.75, 3.05) is 14.7 Å². The highest BCUT2D eigenvalue weighted by Gasteiger charge is 2.23. The number of hydrogen-bond donors (Lipinski definition) is 0. The molecule has 0 bridgehead atoms. The molecule has 0 radical (unpaired) electrons. The standard InChI is InChI=1S/3C38H25NS/c1-3-14-30-26(10-1)12-7-19-35(30)39(36-20-8-13-27-11-2-4-15-31(27)36)29-24-22-28(23-25-29)32-17-9-18-34-33-16-5-6-21-37(33)40-38(32)34;1-3-10-29-24-32(22-16-26(29)8-1)39(33-23-17-27-9-2-4-11-30(27)25-33)31-20-18-28(19-21-31)34-13-7-14-36-35-12-5-6-15-37(35)40-38(34)36;1-2-11-29-25-31(24-19-26(29)9-1)39(36-17-7-12-27-10-3-4-13-32(27)36)30-22-20-28(21-23-30)33-15-8-16-35-34-14-5-6-18-37(34)40-38(33)35/h3*1-25H. The van der Waals surface area contributed by atoms with Crippen molar-refractivity contribution in [2.24, 2.45) is 0 Å². The van der Waals surface area contributed by atoms with Crippen LogP contribution in [-0.2, 0) is 0 Å². The Labute approximate surface area is 707 Å². The van der Waals surface area contributed by atoms with Crippen LogP contribution in [0.3, 0.4) is 0 Å². The van der Waals surface area contributed by atoms with E-state index in [-0.39, 0.29) is 0 Å². The largest absolute Gasteiger partial charge is 0.310 e. The molecular formula is C114H75N3S3. The van der Waals surface area contributed by atoms with Crippen molar-refractivity contribution >= 4 is 210 Å². The maximum absolute atomic E-state index is 2.41. The first-order chi connectivity index (χ1) is 59.5. The third kappa shape index (κ3) is 13.3. The molecule has 24 rings (SSSR count). The lowest BCUT2D eigenvalue weighted by Gasteiger charge is -2.28. The fourth-order valence-electron chi connectivity index (χ4n) is 17.7. The van der Waals surface area contributed by atoms with Crippen LogP contribution in [0.5, 0.6) is 0 Å². The predicted octanol–water partition coefficient (Wildman–Crippen LogP) is 34.5. The van der Waals surface area contributed by atoms with E-state index in [1.165, 1.54) is 176 Å². The highest BCUT2D eigenvalue weighted by atomic mass is 32.1. The van der Waals surface area contributed by atoms with Crippen molar-refractivity contribution < 1.29 is 0 Å². The third-order valence-electron chi connectivity index (χ3n) is 23.5. The summed E-state index contributed by atoms with van der Waals surface area (Å²) in [5.41, 5.74) is 17.9. The van der Waals surface area contributed by atoms with E-state index in [0.717, 1.165) is 34.1 Å². The molecule has 0 unspecified atom stereocenters. The first-order valence-corrected chi connectivity index (χ1v) is 43.3. The maximum Gasteiger partial charge on any atom is 0.0540 e. The lowest BCUT2D eigenvalue weighted by atomic mass is 10.0. The third-order valence-corrected chi connectivity index (χ3v) is 27.2. The second-order valence-electron chi connectivity index (χ2n) is 30.6. The van der Waals surface area contributed by atoms with Gasteiger partial charge in [0.2, 0.25) is 0 Å². The minimum atomic E-state index is 1.14. The number of benzene rings is 21. The molecule has 0 amide bonds. The van der Waals surface area contributed by atoms with E-state index in [0.29, 0.717) is 0 Å². The van der Waals surface area contributed by atoms with Gasteiger partial charge in [0.1, 0.15) is 0 Å². The summed E-state index contributed by atoms with van der Waals surface area (Å²) >= 11 is 5.64. The summed E-state index contributed by atoms with van der Waals surface area (Å²) in [6.07, 6.45) is 0. The summed E-state index contributed by atoms with van der Waals surface area (Å²) in [6.45, 7) is 0. The normalized spacial score (nSPS) is 11.5. The Bertz CT molecular complexity index is 7820. The van der Waals surface area contributed by atoms with Gasteiger partial charge in [0.15, 0.2) is 0 Å². The van der Waals surface area contributed by atoms with Crippen molar-refractivity contribution in [3.63, 3.8) is 0 Å². The summed E-state index contributed by atoms with van der Waals surface area (Å²) < 4.78 is 8.03. The number of rotatable bonds is 12. The fourth-order valence-corrected chi connectivity index (χ4v) is 21.4. The molecule has 564 valence electrons. The van der Waals surface area contributed by atoms with E-state index in [1.54, 1.807) is 0 Å². The molecule has 0 aliphatic carbocycles. The monoisotopic (exact) mass is 1580 g/mol. The van der Waals surface area contributed by atoms with Gasteiger partial charge in [-0.25, -0.2) is 0 Å². The number of nitrogens with zero attached hydrogens (tertiary/aromatic N) is 3. The number of hydrogen-bond acceptors (Lipinski definition) is 6. The van der Waals surface area contributed by atoms with Gasteiger partial charge in [-0.3, -0.25) is 0 Å². The van der Waals surface area contributed by atoms with Crippen molar-refractivity contribution in [1.82, 2.24) is 0 Å². The SMILES string of the molecule is c1ccc2c(N(c3ccc(-c4cccc5c4sc4ccccc45)cc3)c3cccc4ccccc34)cccc2c1.c1ccc2cc(N(c3ccc(-c4cccc5c4sc4ccccc45)cc3)c3ccc4ccccc4c3)ccc2c1.c1ccc2cc(N(c3ccc(-c4cccc5c4sc4ccccc45)cc3)c3cccc4ccccc34)ccc2c1. The molecule has 0 spiro atoms. The van der Waals surface area contributed by atoms with Gasteiger partial charge in [-0.05, 0) is 191 Å². The summed E-state index contributed by atoms with van der Waals surface area (Å²) in [6, 6.07) is 165. The van der Waals surface area contributed by atoms with Crippen LogP contribution in [0.1, 0.15) is 0 Å². The average molecular weight is 1580 g/mol. The number of thiophene rings is 3. The average Bonchev–Trinajstić information content (AvgIpc) is 1.70. The maximum atomic E-state index is 2.41. The first kappa shape index (κ1) is 71.8. The number of fused-ring (bicyclic) bond motifs is 15. The highest BCUT2D eigenvalue weighted by Crippen LogP contribution is 2.49. The lowest BCUT2D eigenvalue weighted by Crippen LogP contribution is -2.11. The van der Waals surface area contributed by atoms with E-state index in [9.17, 15) is 0 Å². The lowest BCUT2D eigenvalue weighted by molar-refractivity contribution is 1.29. The minimum absolute atomic E-state index is 1.14. The van der Waals surface area contributed by atoms with Crippen molar-refractivity contribution in [3.8, 4) is 33.4 Å². The van der Waals surface area contributed by atoms with Crippen molar-refractivity contribution in [2.45, 2.75) is 0 Å². The van der Waals surface area contributed by atoms with Gasteiger partial charge < -0.3 is 14.7 Å². The molecule has 0 aliphatic heterocycles. The molecule has 120 heavy (non-hydrogen) atoms. The summed E-state index contributed by atoms with van der Waals surface area (Å²) in [7, 11) is 0. The van der Waals surface area contributed by atoms with Gasteiger partial charge in [-0.1, -0.05) is 346 Å². The van der Waals surface area contributed by atoms with Gasteiger partial charge >= 0.3 is 0 Å². The molecule has 0 fully saturated rings. The van der Waals surface area contributed by atoms with Crippen LogP contribution in [-0.4, -0.2) is 0 Å². The van der Waals surface area contributed by atoms with Crippen LogP contribution >= 0.6 is 34.0 Å². The van der Waals surface area contributed by atoms with Crippen molar-refractivity contribution in [1.29, 1.82) is 0 Å². The molecule has 3 aromatic heterocycles. The second-order valence-corrected chi connectivity index (χ2v) is 33.7. The minimum Gasteiger partial charge on any atom is -0.310 e. The smallest absolute Gasteiger partial charge is 0.0540 e. The van der Waals surface area contributed by atoms with E-state index >= 15 is 0 Å². The Kier molecular flexibility index (Phi) is 18.6. The Morgan fingerprint density at radius 2 is 0.375 bits per heavy atom. The Balaban J connectivity index is 0.000000108. The van der Waals surface area contributed by atoms with Crippen LogP contribution in [0.25, 0.3) is 159 Å². The Morgan fingerprint density at radius 3 is 0.717 bits per heavy atom. The van der Waals surface area contributed by atoms with Gasteiger partial charge in [-0.15, -0.1) is 34.0 Å². The Hall–Kier alpha value is -14.8. The molecule has 6 heteroatoms. The summed E-state index contributed by atoms with van der Waals surface area (Å²) in [5.74, 6) is 0. The molecule has 0 N–H and O–H groups in total. The molecular weight excluding hydrogens is 1510 g/mol. The van der Waals surface area contributed by atoms with Crippen LogP contribution in [0, 0.1) is 0 Å². The Morgan fingerprint density at radius 1 is 0.142 bits per heavy atom. The molecule has 3 heterocycles. The topological polar surface area (TPSA) is 9.72 Å². The van der Waals surface area contributed by atoms with E-state index in [2.05, 4.69) is 470 Å². The predicted molar refractivity (Wildman–Crippen MR) is 523 cm³/mol. The first-order valence-electron chi connectivity index (χ1n) is 40.8. The number of anilines is 9. The quantitative estimate of drug-likeness (QED) is 0.121. The summed E-state index contributed by atoms with van der Waals surface area (Å²) in [4.78, 5) is 7.16. The molecule has 21 aromatic carbocycles. The van der Waals surface area contributed by atoms with Crippen LogP contribution < -0.4 is 14.7 Å². The molecule has 0 saturated heterocycles. The molecule has 0 saturated carbocycles. The molecule has 24 aromatic rings. The van der Waals surface area contributed by atoms with Crippen molar-refractivity contribution in [3.05, 3.63) is 455 Å². The summed E-state index contributed by atoms with van der Waals surface area (Å²) in [5, 5.41) is 22.8. The van der Waals surface area contributed by atoms with Gasteiger partial charge in [0, 0.05) is 111 Å². The van der Waals surface area contributed by atoms with Gasteiger partial charge in [0.25, 0.3) is 0 Å². The zero-order chi connectivity index (χ0) is 79.4. The zero-order valence-corrected chi connectivity index (χ0v) is 67.8. The van der Waals surface area contributed by atoms with E-state index in [4.69, 9.17) is 0 Å². The van der Waals surface area contributed by atoms with Crippen LogP contribution in [0.2, 0.25) is 0 Å². The zero-order valence-electron chi connectivity index (χ0n) is 65.4. The van der Waals surface area contributed by atoms with Crippen LogP contribution in [0.4, 0.5) is 51.2 Å². The second kappa shape index (κ2) is 31.0. The van der Waals surface area contributed by atoms with Gasteiger partial charge in [0.05, 0.1) is 17.1 Å². The highest BCUT2D eigenvalue weighted by molar-refractivity contribution is 7.27.